The first-order chi connectivity index (χ1) is 9.15. The van der Waals surface area contributed by atoms with Crippen molar-refractivity contribution >= 4 is 5.69 Å². The third-order valence-electron chi connectivity index (χ3n) is 4.11. The molecule has 0 bridgehead atoms. The predicted octanol–water partition coefficient (Wildman–Crippen LogP) is 3.06. The molecular weight excluding hydrogens is 234 g/mol. The Morgan fingerprint density at radius 3 is 2.74 bits per heavy atom. The van der Waals surface area contributed by atoms with E-state index in [1.807, 2.05) is 0 Å². The first-order valence-corrected chi connectivity index (χ1v) is 7.60. The summed E-state index contributed by atoms with van der Waals surface area (Å²) < 4.78 is 0. The Labute approximate surface area is 117 Å². The van der Waals surface area contributed by atoms with E-state index in [0.717, 1.165) is 24.5 Å². The normalized spacial score (nSPS) is 23.7. The molecule has 0 aliphatic carbocycles. The molecule has 1 N–H and O–H groups in total. The minimum Gasteiger partial charge on any atom is -0.364 e. The van der Waals surface area contributed by atoms with Crippen molar-refractivity contribution in [1.29, 1.82) is 0 Å². The molecule has 1 fully saturated rings. The number of piperazine rings is 1. The molecule has 1 aromatic rings. The lowest BCUT2D eigenvalue weighted by Crippen LogP contribution is -2.56. The lowest BCUT2D eigenvalue weighted by molar-refractivity contribution is 0.368. The monoisotopic (exact) mass is 261 g/mol. The number of hydrogen-bond acceptors (Lipinski definition) is 3. The summed E-state index contributed by atoms with van der Waals surface area (Å²) in [6.45, 7) is 10.9. The van der Waals surface area contributed by atoms with Crippen molar-refractivity contribution < 1.29 is 0 Å². The van der Waals surface area contributed by atoms with Gasteiger partial charge in [0.05, 0.1) is 11.4 Å². The topological polar surface area (TPSA) is 28.2 Å². The van der Waals surface area contributed by atoms with E-state index in [1.54, 1.807) is 0 Å². The molecule has 1 aromatic heterocycles. The van der Waals surface area contributed by atoms with Gasteiger partial charge in [-0.15, -0.1) is 0 Å². The van der Waals surface area contributed by atoms with Crippen molar-refractivity contribution in [2.24, 2.45) is 0 Å². The molecule has 3 heteroatoms. The van der Waals surface area contributed by atoms with Crippen LogP contribution in [0.4, 0.5) is 5.69 Å². The fourth-order valence-corrected chi connectivity index (χ4v) is 3.05. The molecule has 1 saturated heterocycles. The van der Waals surface area contributed by atoms with E-state index in [2.05, 4.69) is 55.0 Å². The van der Waals surface area contributed by atoms with Gasteiger partial charge in [-0.2, -0.15) is 0 Å². The number of aromatic nitrogens is 1. The lowest BCUT2D eigenvalue weighted by atomic mass is 10.0. The van der Waals surface area contributed by atoms with Gasteiger partial charge in [0.1, 0.15) is 0 Å². The second-order valence-electron chi connectivity index (χ2n) is 5.67. The molecule has 1 aliphatic rings. The summed E-state index contributed by atoms with van der Waals surface area (Å²) in [5.74, 6) is 0. The van der Waals surface area contributed by atoms with Crippen LogP contribution in [0.15, 0.2) is 12.1 Å². The highest BCUT2D eigenvalue weighted by Gasteiger charge is 2.27. The molecule has 0 radical (unpaired) electrons. The Morgan fingerprint density at radius 1 is 1.32 bits per heavy atom. The maximum Gasteiger partial charge on any atom is 0.0609 e. The van der Waals surface area contributed by atoms with Gasteiger partial charge in [0.15, 0.2) is 0 Å². The first-order valence-electron chi connectivity index (χ1n) is 7.60. The number of anilines is 1. The molecule has 106 valence electrons. The Kier molecular flexibility index (Phi) is 4.81. The fraction of sp³-hybridized carbons (Fsp3) is 0.688. The highest BCUT2D eigenvalue weighted by molar-refractivity contribution is 5.52. The number of hydrogen-bond donors (Lipinski definition) is 1. The van der Waals surface area contributed by atoms with Crippen molar-refractivity contribution in [2.75, 3.05) is 18.0 Å². The zero-order valence-corrected chi connectivity index (χ0v) is 12.7. The summed E-state index contributed by atoms with van der Waals surface area (Å²) in [4.78, 5) is 7.19. The van der Waals surface area contributed by atoms with Gasteiger partial charge in [-0.25, -0.2) is 0 Å². The zero-order chi connectivity index (χ0) is 13.8. The van der Waals surface area contributed by atoms with Gasteiger partial charge in [-0.3, -0.25) is 4.98 Å². The Morgan fingerprint density at radius 2 is 2.11 bits per heavy atom. The second kappa shape index (κ2) is 6.38. The number of pyridine rings is 1. The highest BCUT2D eigenvalue weighted by atomic mass is 15.2. The van der Waals surface area contributed by atoms with Crippen LogP contribution in [-0.4, -0.2) is 30.2 Å². The Bertz CT molecular complexity index is 416. The molecule has 0 amide bonds. The van der Waals surface area contributed by atoms with E-state index in [-0.39, 0.29) is 0 Å². The molecule has 2 rings (SSSR count). The molecule has 3 nitrogen and oxygen atoms in total. The third-order valence-corrected chi connectivity index (χ3v) is 4.11. The second-order valence-corrected chi connectivity index (χ2v) is 5.67. The van der Waals surface area contributed by atoms with E-state index in [1.165, 1.54) is 24.9 Å². The summed E-state index contributed by atoms with van der Waals surface area (Å²) in [6, 6.07) is 5.59. The predicted molar refractivity (Wildman–Crippen MR) is 81.8 cm³/mol. The van der Waals surface area contributed by atoms with Crippen LogP contribution in [0.25, 0.3) is 0 Å². The van der Waals surface area contributed by atoms with Gasteiger partial charge >= 0.3 is 0 Å². The highest BCUT2D eigenvalue weighted by Crippen LogP contribution is 2.25. The van der Waals surface area contributed by atoms with Gasteiger partial charge in [0, 0.05) is 30.9 Å². The van der Waals surface area contributed by atoms with Crippen LogP contribution >= 0.6 is 0 Å². The number of aryl methyl sites for hydroxylation is 2. The quantitative estimate of drug-likeness (QED) is 0.903. The van der Waals surface area contributed by atoms with Crippen LogP contribution < -0.4 is 10.2 Å². The smallest absolute Gasteiger partial charge is 0.0609 e. The summed E-state index contributed by atoms with van der Waals surface area (Å²) >= 11 is 0. The lowest BCUT2D eigenvalue weighted by Gasteiger charge is -2.42. The first kappa shape index (κ1) is 14.3. The number of rotatable bonds is 4. The molecule has 0 spiro atoms. The van der Waals surface area contributed by atoms with E-state index < -0.39 is 0 Å². The molecule has 0 aromatic carbocycles. The van der Waals surface area contributed by atoms with E-state index in [9.17, 15) is 0 Å². The largest absolute Gasteiger partial charge is 0.364 e. The zero-order valence-electron chi connectivity index (χ0n) is 12.7. The molecular formula is C16H27N3. The molecule has 2 heterocycles. The SMILES string of the molecule is CCCC1CN(c2ccc(C)nc2C)C(CC)CN1. The standard InChI is InChI=1S/C16H27N3/c1-5-7-14-11-19(15(6-2)10-17-14)16-9-8-12(3)18-13(16)4/h8-9,14-15,17H,5-7,10-11H2,1-4H3. The van der Waals surface area contributed by atoms with Crippen molar-refractivity contribution in [3.63, 3.8) is 0 Å². The Balaban J connectivity index is 2.22. The van der Waals surface area contributed by atoms with Crippen molar-refractivity contribution in [1.82, 2.24) is 10.3 Å². The summed E-state index contributed by atoms with van der Waals surface area (Å²) in [7, 11) is 0. The Hall–Kier alpha value is -1.09. The average Bonchev–Trinajstić information content (AvgIpc) is 2.39. The summed E-state index contributed by atoms with van der Waals surface area (Å²) in [6.07, 6.45) is 3.68. The van der Waals surface area contributed by atoms with Gasteiger partial charge in [-0.1, -0.05) is 20.3 Å². The summed E-state index contributed by atoms with van der Waals surface area (Å²) in [5, 5.41) is 3.69. The van der Waals surface area contributed by atoms with Crippen LogP contribution in [0, 0.1) is 13.8 Å². The molecule has 19 heavy (non-hydrogen) atoms. The van der Waals surface area contributed by atoms with Crippen LogP contribution in [-0.2, 0) is 0 Å². The van der Waals surface area contributed by atoms with E-state index >= 15 is 0 Å². The minimum atomic E-state index is 0.594. The van der Waals surface area contributed by atoms with Crippen molar-refractivity contribution in [2.45, 2.75) is 59.0 Å². The van der Waals surface area contributed by atoms with Crippen LogP contribution in [0.2, 0.25) is 0 Å². The van der Waals surface area contributed by atoms with Crippen molar-refractivity contribution in [3.05, 3.63) is 23.5 Å². The summed E-state index contributed by atoms with van der Waals surface area (Å²) in [5.41, 5.74) is 3.59. The van der Waals surface area contributed by atoms with Gasteiger partial charge < -0.3 is 10.2 Å². The maximum absolute atomic E-state index is 4.63. The minimum absolute atomic E-state index is 0.594. The molecule has 2 unspecified atom stereocenters. The third kappa shape index (κ3) is 3.27. The maximum atomic E-state index is 4.63. The van der Waals surface area contributed by atoms with E-state index in [4.69, 9.17) is 0 Å². The number of nitrogens with zero attached hydrogens (tertiary/aromatic N) is 2. The number of nitrogens with one attached hydrogen (secondary N) is 1. The van der Waals surface area contributed by atoms with Gasteiger partial charge in [0.2, 0.25) is 0 Å². The fourth-order valence-electron chi connectivity index (χ4n) is 3.05. The molecule has 0 saturated carbocycles. The molecule has 2 atom stereocenters. The van der Waals surface area contributed by atoms with Gasteiger partial charge in [-0.05, 0) is 38.8 Å². The van der Waals surface area contributed by atoms with Gasteiger partial charge in [0.25, 0.3) is 0 Å². The van der Waals surface area contributed by atoms with E-state index in [0.29, 0.717) is 12.1 Å². The van der Waals surface area contributed by atoms with Crippen LogP contribution in [0.1, 0.15) is 44.5 Å². The van der Waals surface area contributed by atoms with Crippen LogP contribution in [0.5, 0.6) is 0 Å². The average molecular weight is 261 g/mol. The molecule has 1 aliphatic heterocycles. The van der Waals surface area contributed by atoms with Crippen LogP contribution in [0.3, 0.4) is 0 Å². The van der Waals surface area contributed by atoms with Crippen molar-refractivity contribution in [3.8, 4) is 0 Å².